The standard InChI is InChI=1S/C29H23FN2O2/c30-23-12-10-22(11-13-23)25(16-19-33)29(20-21-14-17-31-18-15-21)26-8-4-5-9-27(26)32(28(29)34)24-6-2-1-3-7-24/h1-15,17-19,25H,16,20H2. The van der Waals surface area contributed by atoms with E-state index in [2.05, 4.69) is 4.98 Å². The van der Waals surface area contributed by atoms with E-state index in [0.29, 0.717) is 6.42 Å². The van der Waals surface area contributed by atoms with Gasteiger partial charge >= 0.3 is 0 Å². The average molecular weight is 451 g/mol. The summed E-state index contributed by atoms with van der Waals surface area (Å²) < 4.78 is 13.8. The lowest BCUT2D eigenvalue weighted by atomic mass is 9.64. The van der Waals surface area contributed by atoms with Gasteiger partial charge in [0.15, 0.2) is 0 Å². The van der Waals surface area contributed by atoms with Crippen LogP contribution in [-0.2, 0) is 21.4 Å². The highest BCUT2D eigenvalue weighted by molar-refractivity contribution is 6.14. The fourth-order valence-corrected chi connectivity index (χ4v) is 5.17. The van der Waals surface area contributed by atoms with E-state index in [4.69, 9.17) is 0 Å². The van der Waals surface area contributed by atoms with Crippen LogP contribution >= 0.6 is 0 Å². The summed E-state index contributed by atoms with van der Waals surface area (Å²) in [4.78, 5) is 32.4. The molecule has 0 saturated heterocycles. The first-order chi connectivity index (χ1) is 16.6. The van der Waals surface area contributed by atoms with E-state index < -0.39 is 11.3 Å². The van der Waals surface area contributed by atoms with E-state index in [1.807, 2.05) is 66.7 Å². The summed E-state index contributed by atoms with van der Waals surface area (Å²) in [6, 6.07) is 27.2. The summed E-state index contributed by atoms with van der Waals surface area (Å²) in [6.45, 7) is 0. The Hall–Kier alpha value is -4.12. The van der Waals surface area contributed by atoms with Crippen molar-refractivity contribution in [1.82, 2.24) is 4.98 Å². The quantitative estimate of drug-likeness (QED) is 0.337. The number of hydrogen-bond donors (Lipinski definition) is 0. The van der Waals surface area contributed by atoms with Crippen LogP contribution in [0.3, 0.4) is 0 Å². The van der Waals surface area contributed by atoms with Crippen molar-refractivity contribution in [1.29, 1.82) is 0 Å². The Bertz CT molecular complexity index is 1310. The Morgan fingerprint density at radius 1 is 0.882 bits per heavy atom. The van der Waals surface area contributed by atoms with Crippen molar-refractivity contribution >= 4 is 23.6 Å². The number of benzene rings is 3. The number of hydrogen-bond acceptors (Lipinski definition) is 3. The molecule has 2 atom stereocenters. The highest BCUT2D eigenvalue weighted by Gasteiger charge is 2.56. The predicted octanol–water partition coefficient (Wildman–Crippen LogP) is 5.75. The molecule has 5 rings (SSSR count). The maximum Gasteiger partial charge on any atom is 0.243 e. The second kappa shape index (κ2) is 9.02. The zero-order chi connectivity index (χ0) is 23.5. The van der Waals surface area contributed by atoms with Crippen LogP contribution in [0.4, 0.5) is 15.8 Å². The molecule has 0 radical (unpaired) electrons. The first-order valence-corrected chi connectivity index (χ1v) is 11.2. The van der Waals surface area contributed by atoms with Gasteiger partial charge in [-0.05, 0) is 65.6 Å². The minimum absolute atomic E-state index is 0.104. The molecule has 0 saturated carbocycles. The van der Waals surface area contributed by atoms with Gasteiger partial charge in [-0.3, -0.25) is 14.7 Å². The highest BCUT2D eigenvalue weighted by atomic mass is 19.1. The van der Waals surface area contributed by atoms with E-state index in [-0.39, 0.29) is 18.1 Å². The van der Waals surface area contributed by atoms with Crippen LogP contribution < -0.4 is 4.90 Å². The van der Waals surface area contributed by atoms with Gasteiger partial charge in [0.1, 0.15) is 12.1 Å². The fraction of sp³-hybridized carbons (Fsp3) is 0.138. The van der Waals surface area contributed by atoms with Gasteiger partial charge in [0, 0.05) is 30.4 Å². The lowest BCUT2D eigenvalue weighted by Crippen LogP contribution is -2.45. The summed E-state index contributed by atoms with van der Waals surface area (Å²) in [6.07, 6.45) is 4.76. The van der Waals surface area contributed by atoms with Gasteiger partial charge in [-0.2, -0.15) is 0 Å². The number of halogens is 1. The minimum Gasteiger partial charge on any atom is -0.303 e. The van der Waals surface area contributed by atoms with E-state index in [0.717, 1.165) is 34.4 Å². The van der Waals surface area contributed by atoms with Gasteiger partial charge in [0.05, 0.1) is 11.1 Å². The van der Waals surface area contributed by atoms with Crippen molar-refractivity contribution in [3.8, 4) is 0 Å². The van der Waals surface area contributed by atoms with E-state index in [9.17, 15) is 14.0 Å². The number of fused-ring (bicyclic) bond motifs is 1. The molecule has 0 spiro atoms. The zero-order valence-electron chi connectivity index (χ0n) is 18.5. The number of nitrogens with zero attached hydrogens (tertiary/aromatic N) is 2. The summed E-state index contributed by atoms with van der Waals surface area (Å²) >= 11 is 0. The third kappa shape index (κ3) is 3.59. The van der Waals surface area contributed by atoms with E-state index in [1.54, 1.807) is 29.4 Å². The molecule has 2 heterocycles. The monoisotopic (exact) mass is 450 g/mol. The number of carbonyl (C=O) groups excluding carboxylic acids is 2. The molecule has 0 bridgehead atoms. The Morgan fingerprint density at radius 3 is 2.26 bits per heavy atom. The Balaban J connectivity index is 1.78. The SMILES string of the molecule is O=CCC(c1ccc(F)cc1)C1(Cc2ccncc2)C(=O)N(c2ccccc2)c2ccccc21. The van der Waals surface area contributed by atoms with Crippen LogP contribution in [0, 0.1) is 5.82 Å². The van der Waals surface area contributed by atoms with E-state index >= 15 is 0 Å². The van der Waals surface area contributed by atoms with Gasteiger partial charge in [-0.15, -0.1) is 0 Å². The summed E-state index contributed by atoms with van der Waals surface area (Å²) in [7, 11) is 0. The van der Waals surface area contributed by atoms with Crippen molar-refractivity contribution in [2.45, 2.75) is 24.2 Å². The van der Waals surface area contributed by atoms with Crippen LogP contribution in [0.1, 0.15) is 29.0 Å². The van der Waals surface area contributed by atoms with Crippen LogP contribution in [0.25, 0.3) is 0 Å². The number of para-hydroxylation sites is 2. The molecular weight excluding hydrogens is 427 g/mol. The number of aromatic nitrogens is 1. The lowest BCUT2D eigenvalue weighted by Gasteiger charge is -2.37. The molecule has 5 heteroatoms. The van der Waals surface area contributed by atoms with Crippen LogP contribution in [0.15, 0.2) is 103 Å². The number of carbonyl (C=O) groups is 2. The van der Waals surface area contributed by atoms with Gasteiger partial charge in [0.25, 0.3) is 0 Å². The minimum atomic E-state index is -1.06. The second-order valence-electron chi connectivity index (χ2n) is 8.50. The molecule has 1 amide bonds. The molecule has 0 aliphatic carbocycles. The van der Waals surface area contributed by atoms with Crippen molar-refractivity contribution < 1.29 is 14.0 Å². The van der Waals surface area contributed by atoms with Crippen molar-refractivity contribution in [3.05, 3.63) is 126 Å². The summed E-state index contributed by atoms with van der Waals surface area (Å²) in [5.74, 6) is -0.949. The second-order valence-corrected chi connectivity index (χ2v) is 8.50. The van der Waals surface area contributed by atoms with Gasteiger partial charge < -0.3 is 4.79 Å². The normalized spacial score (nSPS) is 17.9. The summed E-state index contributed by atoms with van der Waals surface area (Å²) in [5.41, 5.74) is 3.04. The highest BCUT2D eigenvalue weighted by Crippen LogP contribution is 2.54. The molecule has 34 heavy (non-hydrogen) atoms. The first-order valence-electron chi connectivity index (χ1n) is 11.2. The number of amides is 1. The fourth-order valence-electron chi connectivity index (χ4n) is 5.17. The maximum absolute atomic E-state index is 14.6. The van der Waals surface area contributed by atoms with Gasteiger partial charge in [-0.25, -0.2) is 4.39 Å². The predicted molar refractivity (Wildman–Crippen MR) is 129 cm³/mol. The molecule has 0 N–H and O–H groups in total. The van der Waals surface area contributed by atoms with Crippen molar-refractivity contribution in [2.75, 3.05) is 4.90 Å². The number of aldehydes is 1. The molecule has 0 fully saturated rings. The summed E-state index contributed by atoms with van der Waals surface area (Å²) in [5, 5.41) is 0. The molecule has 1 aliphatic heterocycles. The number of anilines is 2. The maximum atomic E-state index is 14.6. The van der Waals surface area contributed by atoms with Crippen LogP contribution in [0.5, 0.6) is 0 Å². The lowest BCUT2D eigenvalue weighted by molar-refractivity contribution is -0.123. The van der Waals surface area contributed by atoms with Crippen LogP contribution in [0.2, 0.25) is 0 Å². The average Bonchev–Trinajstić information content (AvgIpc) is 3.12. The topological polar surface area (TPSA) is 50.3 Å². The first kappa shape index (κ1) is 21.7. The third-order valence-corrected chi connectivity index (χ3v) is 6.66. The molecule has 4 aromatic rings. The van der Waals surface area contributed by atoms with Crippen molar-refractivity contribution in [2.24, 2.45) is 0 Å². The molecule has 168 valence electrons. The molecule has 4 nitrogen and oxygen atoms in total. The van der Waals surface area contributed by atoms with E-state index in [1.165, 1.54) is 12.1 Å². The Labute approximate surface area is 197 Å². The Kier molecular flexibility index (Phi) is 5.76. The largest absolute Gasteiger partial charge is 0.303 e. The number of pyridine rings is 1. The molecule has 2 unspecified atom stereocenters. The van der Waals surface area contributed by atoms with Gasteiger partial charge in [0.2, 0.25) is 5.91 Å². The Morgan fingerprint density at radius 2 is 1.56 bits per heavy atom. The zero-order valence-corrected chi connectivity index (χ0v) is 18.5. The smallest absolute Gasteiger partial charge is 0.243 e. The van der Waals surface area contributed by atoms with Crippen LogP contribution in [-0.4, -0.2) is 17.2 Å². The van der Waals surface area contributed by atoms with Crippen molar-refractivity contribution in [3.63, 3.8) is 0 Å². The molecule has 1 aliphatic rings. The van der Waals surface area contributed by atoms with Gasteiger partial charge in [-0.1, -0.05) is 48.5 Å². The molecule has 1 aromatic heterocycles. The molecule has 3 aromatic carbocycles. The molecular formula is C29H23FN2O2. The number of rotatable bonds is 7. The third-order valence-electron chi connectivity index (χ3n) is 6.66.